The second kappa shape index (κ2) is 2.30. The van der Waals surface area contributed by atoms with Crippen LogP contribution < -0.4 is 0 Å². The molecule has 1 N–H and O–H groups in total. The minimum Gasteiger partial charge on any atom is -0.501 e. The fourth-order valence-electron chi connectivity index (χ4n) is 0.481. The van der Waals surface area contributed by atoms with E-state index in [2.05, 4.69) is 11.2 Å². The van der Waals surface area contributed by atoms with Crippen molar-refractivity contribution in [2.24, 2.45) is 0 Å². The van der Waals surface area contributed by atoms with Crippen LogP contribution in [0.1, 0.15) is 0 Å². The van der Waals surface area contributed by atoms with E-state index in [-0.39, 0.29) is 0 Å². The van der Waals surface area contributed by atoms with Gasteiger partial charge in [-0.05, 0) is 22.0 Å². The minimum absolute atomic E-state index is 0.441. The third kappa shape index (κ3) is 1.02. The third-order valence-corrected chi connectivity index (χ3v) is 0.888. The zero-order valence-electron chi connectivity index (χ0n) is 4.81. The Morgan fingerprint density at radius 3 is 2.90 bits per heavy atom. The number of nitro groups is 1. The summed E-state index contributed by atoms with van der Waals surface area (Å²) in [6.07, 6.45) is 2.23. The topological polar surface area (TPSA) is 76.3 Å². The SMILES string of the molecule is O=[N+]([O-])c1n[c]ccc1O. The number of nitrogens with zero attached hydrogens (tertiary/aromatic N) is 2. The Morgan fingerprint density at radius 2 is 2.50 bits per heavy atom. The quantitative estimate of drug-likeness (QED) is 0.453. The molecule has 0 aliphatic rings. The average molecular weight is 139 g/mol. The first-order chi connectivity index (χ1) is 4.72. The van der Waals surface area contributed by atoms with E-state index < -0.39 is 16.5 Å². The molecule has 10 heavy (non-hydrogen) atoms. The van der Waals surface area contributed by atoms with Gasteiger partial charge in [0.05, 0.1) is 0 Å². The van der Waals surface area contributed by atoms with Crippen LogP contribution in [0.4, 0.5) is 5.82 Å². The monoisotopic (exact) mass is 139 g/mol. The van der Waals surface area contributed by atoms with Crippen molar-refractivity contribution in [2.45, 2.75) is 0 Å². The largest absolute Gasteiger partial charge is 0.501 e. The van der Waals surface area contributed by atoms with Gasteiger partial charge in [0.1, 0.15) is 0 Å². The Kier molecular flexibility index (Phi) is 1.49. The zero-order chi connectivity index (χ0) is 7.56. The van der Waals surface area contributed by atoms with Gasteiger partial charge in [0, 0.05) is 0 Å². The average Bonchev–Trinajstić information content (AvgIpc) is 1.88. The summed E-state index contributed by atoms with van der Waals surface area (Å²) >= 11 is 0. The summed E-state index contributed by atoms with van der Waals surface area (Å²) in [4.78, 5) is 12.4. The van der Waals surface area contributed by atoms with Gasteiger partial charge in [0.2, 0.25) is 11.9 Å². The fourth-order valence-corrected chi connectivity index (χ4v) is 0.481. The molecule has 1 aromatic rings. The Labute approximate surface area is 56.1 Å². The second-order valence-corrected chi connectivity index (χ2v) is 1.54. The van der Waals surface area contributed by atoms with Gasteiger partial charge in [-0.25, -0.2) is 0 Å². The highest BCUT2D eigenvalue weighted by molar-refractivity contribution is 5.36. The molecule has 5 nitrogen and oxygen atoms in total. The summed E-state index contributed by atoms with van der Waals surface area (Å²) in [6.45, 7) is 0. The maximum Gasteiger partial charge on any atom is 0.406 e. The second-order valence-electron chi connectivity index (χ2n) is 1.54. The Balaban J connectivity index is 3.15. The van der Waals surface area contributed by atoms with Crippen molar-refractivity contribution in [3.05, 3.63) is 28.4 Å². The molecule has 0 aromatic carbocycles. The van der Waals surface area contributed by atoms with Gasteiger partial charge < -0.3 is 15.2 Å². The lowest BCUT2D eigenvalue weighted by Gasteiger charge is -1.91. The van der Waals surface area contributed by atoms with Crippen LogP contribution in [0.5, 0.6) is 5.75 Å². The van der Waals surface area contributed by atoms with Crippen LogP contribution in [-0.2, 0) is 0 Å². The lowest BCUT2D eigenvalue weighted by molar-refractivity contribution is -0.390. The van der Waals surface area contributed by atoms with Gasteiger partial charge in [-0.3, -0.25) is 0 Å². The fraction of sp³-hybridized carbons (Fsp3) is 0. The first-order valence-corrected chi connectivity index (χ1v) is 2.42. The molecule has 5 heteroatoms. The number of hydrogen-bond donors (Lipinski definition) is 1. The van der Waals surface area contributed by atoms with Gasteiger partial charge in [-0.15, -0.1) is 0 Å². The highest BCUT2D eigenvalue weighted by Crippen LogP contribution is 2.19. The number of aromatic hydroxyl groups is 1. The molecule has 0 unspecified atom stereocenters. The third-order valence-electron chi connectivity index (χ3n) is 0.888. The Morgan fingerprint density at radius 1 is 1.80 bits per heavy atom. The van der Waals surface area contributed by atoms with Crippen molar-refractivity contribution in [1.29, 1.82) is 0 Å². The molecule has 0 amide bonds. The lowest BCUT2D eigenvalue weighted by Crippen LogP contribution is -1.90. The molecule has 0 fully saturated rings. The molecule has 0 atom stereocenters. The van der Waals surface area contributed by atoms with Gasteiger partial charge in [-0.1, -0.05) is 0 Å². The van der Waals surface area contributed by atoms with Gasteiger partial charge >= 0.3 is 5.82 Å². The van der Waals surface area contributed by atoms with E-state index in [1.807, 2.05) is 0 Å². The number of rotatable bonds is 1. The smallest absolute Gasteiger partial charge is 0.406 e. The molecule has 51 valence electrons. The highest BCUT2D eigenvalue weighted by atomic mass is 16.6. The van der Waals surface area contributed by atoms with Crippen molar-refractivity contribution in [2.75, 3.05) is 0 Å². The Bertz CT molecular complexity index is 261. The molecule has 1 aromatic heterocycles. The molecular weight excluding hydrogens is 136 g/mol. The summed E-state index contributed by atoms with van der Waals surface area (Å²) < 4.78 is 0. The lowest BCUT2D eigenvalue weighted by atomic mass is 10.4. The van der Waals surface area contributed by atoms with E-state index in [0.29, 0.717) is 0 Å². The van der Waals surface area contributed by atoms with Gasteiger partial charge in [0.25, 0.3) is 0 Å². The molecule has 0 aliphatic heterocycles. The molecule has 1 rings (SSSR count). The number of hydrogen-bond acceptors (Lipinski definition) is 4. The summed E-state index contributed by atoms with van der Waals surface area (Å²) in [5.41, 5.74) is 0. The normalized spacial score (nSPS) is 9.20. The summed E-state index contributed by atoms with van der Waals surface area (Å²) in [7, 11) is 0. The van der Waals surface area contributed by atoms with Crippen molar-refractivity contribution < 1.29 is 10.0 Å². The molecule has 0 saturated heterocycles. The highest BCUT2D eigenvalue weighted by Gasteiger charge is 2.11. The molecular formula is C5H3N2O3. The van der Waals surface area contributed by atoms with Crippen molar-refractivity contribution in [1.82, 2.24) is 4.98 Å². The van der Waals surface area contributed by atoms with E-state index in [1.165, 1.54) is 6.07 Å². The van der Waals surface area contributed by atoms with Crippen molar-refractivity contribution in [3.8, 4) is 5.75 Å². The molecule has 1 heterocycles. The minimum atomic E-state index is -0.772. The first-order valence-electron chi connectivity index (χ1n) is 2.42. The van der Waals surface area contributed by atoms with E-state index in [9.17, 15) is 10.1 Å². The number of pyridine rings is 1. The van der Waals surface area contributed by atoms with Crippen LogP contribution in [0.25, 0.3) is 0 Å². The zero-order valence-corrected chi connectivity index (χ0v) is 4.81. The number of aromatic nitrogens is 1. The van der Waals surface area contributed by atoms with Crippen LogP contribution in [0.2, 0.25) is 0 Å². The van der Waals surface area contributed by atoms with Crippen LogP contribution >= 0.6 is 0 Å². The van der Waals surface area contributed by atoms with Gasteiger partial charge in [0.15, 0.2) is 0 Å². The maximum absolute atomic E-state index is 9.98. The van der Waals surface area contributed by atoms with Gasteiger partial charge in [-0.2, -0.15) is 0 Å². The van der Waals surface area contributed by atoms with Crippen LogP contribution in [0.15, 0.2) is 12.1 Å². The molecule has 0 aliphatic carbocycles. The molecule has 0 saturated carbocycles. The van der Waals surface area contributed by atoms with E-state index >= 15 is 0 Å². The Hall–Kier alpha value is -1.65. The standard InChI is InChI=1S/C5H3N2O3/c8-4-2-1-3-6-5(4)7(9)10/h1-2,8H. The van der Waals surface area contributed by atoms with E-state index in [4.69, 9.17) is 5.11 Å². The van der Waals surface area contributed by atoms with Crippen LogP contribution in [0.3, 0.4) is 0 Å². The summed E-state index contributed by atoms with van der Waals surface area (Å²) in [6, 6.07) is 2.45. The predicted octanol–water partition coefficient (Wildman–Crippen LogP) is 0.496. The van der Waals surface area contributed by atoms with E-state index in [0.717, 1.165) is 6.07 Å². The van der Waals surface area contributed by atoms with Crippen LogP contribution in [0, 0.1) is 16.3 Å². The molecule has 1 radical (unpaired) electrons. The summed E-state index contributed by atoms with van der Waals surface area (Å²) in [5.74, 6) is -1.01. The molecule has 0 spiro atoms. The van der Waals surface area contributed by atoms with Crippen LogP contribution in [-0.4, -0.2) is 15.0 Å². The van der Waals surface area contributed by atoms with E-state index in [1.54, 1.807) is 0 Å². The first kappa shape index (κ1) is 6.47. The summed E-state index contributed by atoms with van der Waals surface area (Å²) in [5, 5.41) is 18.7. The van der Waals surface area contributed by atoms with Crippen molar-refractivity contribution >= 4 is 5.82 Å². The molecule has 0 bridgehead atoms. The van der Waals surface area contributed by atoms with Crippen molar-refractivity contribution in [3.63, 3.8) is 0 Å². The maximum atomic E-state index is 9.98. The predicted molar refractivity (Wildman–Crippen MR) is 31.4 cm³/mol.